The molecule has 1 aromatic heterocycles. The van der Waals surface area contributed by atoms with Gasteiger partial charge < -0.3 is 24.4 Å². The Kier molecular flexibility index (Phi) is 4.72. The maximum Gasteiger partial charge on any atom is 0.411 e. The van der Waals surface area contributed by atoms with Crippen molar-refractivity contribution in [3.05, 3.63) is 11.8 Å². The molecule has 3 heterocycles. The van der Waals surface area contributed by atoms with E-state index in [1.54, 1.807) is 34.6 Å². The van der Waals surface area contributed by atoms with Crippen molar-refractivity contribution in [3.63, 3.8) is 0 Å². The summed E-state index contributed by atoms with van der Waals surface area (Å²) in [6, 6.07) is -1.58. The van der Waals surface area contributed by atoms with Crippen molar-refractivity contribution in [2.75, 3.05) is 0 Å². The summed E-state index contributed by atoms with van der Waals surface area (Å²) in [4.78, 5) is 21.9. The van der Waals surface area contributed by atoms with Crippen molar-refractivity contribution in [3.8, 4) is 11.9 Å². The smallest absolute Gasteiger partial charge is 0.411 e. The minimum atomic E-state index is -0.825. The van der Waals surface area contributed by atoms with E-state index in [0.717, 1.165) is 0 Å². The van der Waals surface area contributed by atoms with Crippen LogP contribution in [-0.4, -0.2) is 60.8 Å². The molecule has 0 unspecified atom stereocenters. The molecular formula is C18H27N3O6. The fourth-order valence-corrected chi connectivity index (χ4v) is 3.78. The summed E-state index contributed by atoms with van der Waals surface area (Å²) in [7, 11) is 0. The molecule has 0 saturated carbocycles. The number of likely N-dealkylation sites (tertiary alicyclic amines) is 1. The second-order valence-electron chi connectivity index (χ2n) is 8.32. The van der Waals surface area contributed by atoms with Crippen LogP contribution in [0.15, 0.2) is 6.20 Å². The highest BCUT2D eigenvalue weighted by molar-refractivity contribution is 5.70. The fourth-order valence-electron chi connectivity index (χ4n) is 3.78. The number of hydrogen-bond acceptors (Lipinski definition) is 8. The number of aromatic hydroxyl groups is 2. The molecule has 0 aromatic carbocycles. The number of fused-ring (bicyclic) bond motifs is 1. The minimum absolute atomic E-state index is 0.269. The predicted octanol–water partition coefficient (Wildman–Crippen LogP) is 2.48. The molecule has 3 rings (SSSR count). The molecule has 0 radical (unpaired) electrons. The first-order valence-electron chi connectivity index (χ1n) is 9.05. The zero-order valence-electron chi connectivity index (χ0n) is 16.5. The first-order valence-corrected chi connectivity index (χ1v) is 9.05. The summed E-state index contributed by atoms with van der Waals surface area (Å²) in [6.45, 7) is 10.9. The third kappa shape index (κ3) is 3.66. The lowest BCUT2D eigenvalue weighted by molar-refractivity contribution is -0.167. The maximum atomic E-state index is 13.0. The summed E-state index contributed by atoms with van der Waals surface area (Å²) in [6.07, 6.45) is 0.443. The van der Waals surface area contributed by atoms with Crippen LogP contribution in [0, 0.1) is 0 Å². The molecule has 2 saturated heterocycles. The van der Waals surface area contributed by atoms with Crippen LogP contribution < -0.4 is 0 Å². The first kappa shape index (κ1) is 19.6. The van der Waals surface area contributed by atoms with Crippen LogP contribution in [-0.2, 0) is 14.2 Å². The van der Waals surface area contributed by atoms with Gasteiger partial charge >= 0.3 is 12.1 Å². The second kappa shape index (κ2) is 6.49. The van der Waals surface area contributed by atoms with Gasteiger partial charge in [0, 0.05) is 6.20 Å². The maximum absolute atomic E-state index is 13.0. The molecule has 9 heteroatoms. The molecule has 2 fully saturated rings. The van der Waals surface area contributed by atoms with Gasteiger partial charge in [-0.25, -0.2) is 9.78 Å². The topological polar surface area (TPSA) is 114 Å². The van der Waals surface area contributed by atoms with E-state index in [1.165, 1.54) is 11.1 Å². The summed E-state index contributed by atoms with van der Waals surface area (Å²) in [5.74, 6) is -1.24. The molecule has 0 bridgehead atoms. The number of aromatic nitrogens is 2. The zero-order chi connectivity index (χ0) is 20.1. The minimum Gasteiger partial charge on any atom is -0.493 e. The van der Waals surface area contributed by atoms with Crippen molar-refractivity contribution in [2.24, 2.45) is 0 Å². The van der Waals surface area contributed by atoms with Crippen molar-refractivity contribution < 1.29 is 29.2 Å². The second-order valence-corrected chi connectivity index (χ2v) is 8.32. The van der Waals surface area contributed by atoms with E-state index < -0.39 is 47.6 Å². The fraction of sp³-hybridized carbons (Fsp3) is 0.722. The van der Waals surface area contributed by atoms with Crippen molar-refractivity contribution >= 4 is 6.09 Å². The van der Waals surface area contributed by atoms with Crippen LogP contribution in [0.5, 0.6) is 11.9 Å². The molecule has 1 amide bonds. The van der Waals surface area contributed by atoms with Crippen LogP contribution >= 0.6 is 0 Å². The highest BCUT2D eigenvalue weighted by Gasteiger charge is 2.60. The summed E-state index contributed by atoms with van der Waals surface area (Å²) < 4.78 is 17.7. The Labute approximate surface area is 158 Å². The molecule has 0 spiro atoms. The molecule has 2 aliphatic heterocycles. The number of carbonyl (C=O) groups excluding carboxylic acids is 1. The van der Waals surface area contributed by atoms with Crippen molar-refractivity contribution in [1.82, 2.24) is 14.9 Å². The van der Waals surface area contributed by atoms with E-state index in [0.29, 0.717) is 6.42 Å². The summed E-state index contributed by atoms with van der Waals surface area (Å²) in [5, 5.41) is 19.7. The lowest BCUT2D eigenvalue weighted by Crippen LogP contribution is -2.45. The van der Waals surface area contributed by atoms with Gasteiger partial charge in [-0.15, -0.1) is 0 Å². The van der Waals surface area contributed by atoms with Gasteiger partial charge in [-0.3, -0.25) is 4.90 Å². The van der Waals surface area contributed by atoms with Gasteiger partial charge in [-0.1, -0.05) is 6.92 Å². The molecule has 2 N–H and O–H groups in total. The molecule has 27 heavy (non-hydrogen) atoms. The number of carbonyl (C=O) groups is 1. The first-order chi connectivity index (χ1) is 12.4. The Hall–Kier alpha value is -2.13. The monoisotopic (exact) mass is 381 g/mol. The van der Waals surface area contributed by atoms with Gasteiger partial charge in [-0.05, 0) is 41.0 Å². The van der Waals surface area contributed by atoms with E-state index in [1.807, 2.05) is 6.92 Å². The van der Waals surface area contributed by atoms with Gasteiger partial charge in [-0.2, -0.15) is 4.98 Å². The normalized spacial score (nSPS) is 29.6. The SMILES string of the molecule is CC[C@@H]1[C@H]2OC(C)(C)O[C@H]2[C@H](c2cnc(O)nc2O)N1C(=O)OC(C)(C)C. The van der Waals surface area contributed by atoms with Crippen LogP contribution in [0.25, 0.3) is 0 Å². The Bertz CT molecular complexity index is 732. The third-order valence-corrected chi connectivity index (χ3v) is 4.64. The predicted molar refractivity (Wildman–Crippen MR) is 94.1 cm³/mol. The quantitative estimate of drug-likeness (QED) is 0.803. The van der Waals surface area contributed by atoms with E-state index in [-0.39, 0.29) is 11.6 Å². The van der Waals surface area contributed by atoms with Crippen molar-refractivity contribution in [1.29, 1.82) is 0 Å². The molecule has 0 aliphatic carbocycles. The molecule has 9 nitrogen and oxygen atoms in total. The van der Waals surface area contributed by atoms with Crippen LogP contribution in [0.1, 0.15) is 59.6 Å². The summed E-state index contributed by atoms with van der Waals surface area (Å²) >= 11 is 0. The lowest BCUT2D eigenvalue weighted by atomic mass is 10.0. The highest BCUT2D eigenvalue weighted by atomic mass is 16.8. The molecule has 4 atom stereocenters. The van der Waals surface area contributed by atoms with E-state index in [4.69, 9.17) is 14.2 Å². The number of hydrogen-bond donors (Lipinski definition) is 2. The largest absolute Gasteiger partial charge is 0.493 e. The number of nitrogens with zero attached hydrogens (tertiary/aromatic N) is 3. The Morgan fingerprint density at radius 3 is 2.48 bits per heavy atom. The van der Waals surface area contributed by atoms with E-state index >= 15 is 0 Å². The average Bonchev–Trinajstić information content (AvgIpc) is 2.96. The lowest BCUT2D eigenvalue weighted by Gasteiger charge is -2.35. The van der Waals surface area contributed by atoms with Gasteiger partial charge in [0.1, 0.15) is 17.8 Å². The van der Waals surface area contributed by atoms with Crippen LogP contribution in [0.2, 0.25) is 0 Å². The standard InChI is InChI=1S/C18H27N3O6/c1-7-10-12-13(26-18(5,6)25-12)11(9-8-19-15(23)20-14(9)22)21(10)16(24)27-17(2,3)4/h8,10-13H,7H2,1-6H3,(H2,19,20,22,23)/t10-,11+,12-,13+/m1/s1. The van der Waals surface area contributed by atoms with Gasteiger partial charge in [0.15, 0.2) is 5.79 Å². The number of rotatable bonds is 2. The van der Waals surface area contributed by atoms with Crippen molar-refractivity contribution in [2.45, 2.75) is 83.6 Å². The Morgan fingerprint density at radius 1 is 1.30 bits per heavy atom. The van der Waals surface area contributed by atoms with Gasteiger partial charge in [0.05, 0.1) is 17.6 Å². The van der Waals surface area contributed by atoms with Crippen LogP contribution in [0.3, 0.4) is 0 Å². The Balaban J connectivity index is 2.06. The molecular weight excluding hydrogens is 354 g/mol. The van der Waals surface area contributed by atoms with Gasteiger partial charge in [0.2, 0.25) is 5.88 Å². The van der Waals surface area contributed by atoms with Crippen LogP contribution in [0.4, 0.5) is 4.79 Å². The number of amides is 1. The average molecular weight is 381 g/mol. The van der Waals surface area contributed by atoms with E-state index in [2.05, 4.69) is 9.97 Å². The third-order valence-electron chi connectivity index (χ3n) is 4.64. The highest BCUT2D eigenvalue weighted by Crippen LogP contribution is 2.49. The molecule has 1 aromatic rings. The van der Waals surface area contributed by atoms with Gasteiger partial charge in [0.25, 0.3) is 0 Å². The molecule has 2 aliphatic rings. The number of ether oxygens (including phenoxy) is 3. The Morgan fingerprint density at radius 2 is 1.93 bits per heavy atom. The zero-order valence-corrected chi connectivity index (χ0v) is 16.5. The van der Waals surface area contributed by atoms with E-state index in [9.17, 15) is 15.0 Å². The molecule has 150 valence electrons. The summed E-state index contributed by atoms with van der Waals surface area (Å²) in [5.41, 5.74) is -0.419.